The van der Waals surface area contributed by atoms with E-state index in [4.69, 9.17) is 6.42 Å². The number of terminal acetylenes is 1. The van der Waals surface area contributed by atoms with Gasteiger partial charge in [0.1, 0.15) is 4.75 Å². The second kappa shape index (κ2) is 6.35. The summed E-state index contributed by atoms with van der Waals surface area (Å²) in [7, 11) is -3.49. The summed E-state index contributed by atoms with van der Waals surface area (Å²) in [6, 6.07) is 9.95. The predicted octanol–water partition coefficient (Wildman–Crippen LogP) is 3.12. The average Bonchev–Trinajstić information content (AvgIpc) is 3.39. The lowest BCUT2D eigenvalue weighted by Gasteiger charge is -2.30. The number of nitrogens with one attached hydrogen (secondary N) is 1. The Balaban J connectivity index is 1.82. The molecule has 1 saturated carbocycles. The van der Waals surface area contributed by atoms with Crippen molar-refractivity contribution in [1.82, 2.24) is 4.72 Å². The maximum absolute atomic E-state index is 12.8. The van der Waals surface area contributed by atoms with Crippen molar-refractivity contribution in [1.29, 1.82) is 0 Å². The van der Waals surface area contributed by atoms with Crippen molar-refractivity contribution in [2.24, 2.45) is 5.92 Å². The second-order valence-electron chi connectivity index (χ2n) is 6.30. The quantitative estimate of drug-likeness (QED) is 0.816. The first-order valence-corrected chi connectivity index (χ1v) is 9.42. The van der Waals surface area contributed by atoms with E-state index in [0.29, 0.717) is 18.9 Å². The molecule has 4 heteroatoms. The number of rotatable bonds is 6. The van der Waals surface area contributed by atoms with E-state index in [2.05, 4.69) is 10.6 Å². The average molecular weight is 327 g/mol. The van der Waals surface area contributed by atoms with Crippen LogP contribution in [0.3, 0.4) is 0 Å². The van der Waals surface area contributed by atoms with Gasteiger partial charge >= 0.3 is 0 Å². The van der Waals surface area contributed by atoms with Gasteiger partial charge in [-0.2, -0.15) is 0 Å². The molecule has 0 spiro atoms. The summed E-state index contributed by atoms with van der Waals surface area (Å²) in [6.45, 7) is 0.526. The van der Waals surface area contributed by atoms with Gasteiger partial charge in [0.15, 0.2) is 0 Å². The predicted molar refractivity (Wildman–Crippen MR) is 94.0 cm³/mol. The molecule has 1 fully saturated rings. The van der Waals surface area contributed by atoms with E-state index in [1.165, 1.54) is 0 Å². The molecule has 2 aliphatic carbocycles. The van der Waals surface area contributed by atoms with E-state index in [9.17, 15) is 8.42 Å². The van der Waals surface area contributed by atoms with E-state index in [0.717, 1.165) is 24.0 Å². The Kier molecular flexibility index (Phi) is 4.43. The molecule has 0 amide bonds. The molecular formula is C19H21NO2S. The summed E-state index contributed by atoms with van der Waals surface area (Å²) < 4.78 is 27.3. The molecule has 0 radical (unpaired) electrons. The maximum atomic E-state index is 12.8. The summed E-state index contributed by atoms with van der Waals surface area (Å²) in [5.74, 6) is 3.04. The van der Waals surface area contributed by atoms with Gasteiger partial charge in [-0.15, -0.1) is 12.3 Å². The molecular weight excluding hydrogens is 306 g/mol. The third-order valence-corrected chi connectivity index (χ3v) is 6.60. The first-order chi connectivity index (χ1) is 11.1. The lowest BCUT2D eigenvalue weighted by atomic mass is 9.90. The Morgan fingerprint density at radius 2 is 2.00 bits per heavy atom. The zero-order valence-corrected chi connectivity index (χ0v) is 13.9. The fourth-order valence-corrected chi connectivity index (χ4v) is 4.36. The Labute approximate surface area is 138 Å². The van der Waals surface area contributed by atoms with Crippen LogP contribution in [0.4, 0.5) is 0 Å². The first kappa shape index (κ1) is 16.0. The number of hydrogen-bond donors (Lipinski definition) is 1. The smallest absolute Gasteiger partial charge is 0.214 e. The number of benzene rings is 1. The van der Waals surface area contributed by atoms with Crippen LogP contribution in [0.1, 0.15) is 31.2 Å². The van der Waals surface area contributed by atoms with Crippen LogP contribution in [0.15, 0.2) is 48.6 Å². The van der Waals surface area contributed by atoms with E-state index in [-0.39, 0.29) is 6.42 Å². The van der Waals surface area contributed by atoms with Crippen LogP contribution in [-0.4, -0.2) is 19.7 Å². The third kappa shape index (κ3) is 3.41. The highest BCUT2D eigenvalue weighted by Gasteiger charge is 2.42. The Bertz CT molecular complexity index is 767. The maximum Gasteiger partial charge on any atom is 0.222 e. The van der Waals surface area contributed by atoms with E-state index in [1.54, 1.807) is 6.08 Å². The van der Waals surface area contributed by atoms with E-state index >= 15 is 0 Å². The van der Waals surface area contributed by atoms with Gasteiger partial charge in [0, 0.05) is 13.0 Å². The third-order valence-electron chi connectivity index (χ3n) is 4.54. The fourth-order valence-electron chi connectivity index (χ4n) is 2.80. The lowest BCUT2D eigenvalue weighted by Crippen LogP contribution is -2.45. The van der Waals surface area contributed by atoms with Gasteiger partial charge in [-0.25, -0.2) is 13.1 Å². The zero-order valence-electron chi connectivity index (χ0n) is 13.0. The summed E-state index contributed by atoms with van der Waals surface area (Å²) in [6.07, 6.45) is 13.9. The molecule has 0 heterocycles. The minimum Gasteiger partial charge on any atom is -0.214 e. The van der Waals surface area contributed by atoms with Crippen LogP contribution >= 0.6 is 0 Å². The minimum absolute atomic E-state index is 0.183. The molecule has 1 unspecified atom stereocenters. The highest BCUT2D eigenvalue weighted by Crippen LogP contribution is 2.35. The summed E-state index contributed by atoms with van der Waals surface area (Å²) in [5, 5.41) is 0. The molecule has 1 aromatic carbocycles. The van der Waals surface area contributed by atoms with Crippen molar-refractivity contribution in [3.63, 3.8) is 0 Å². The summed E-state index contributed by atoms with van der Waals surface area (Å²) in [4.78, 5) is 0. The molecule has 1 aromatic rings. The number of allylic oxidation sites excluding steroid dienone is 3. The highest BCUT2D eigenvalue weighted by atomic mass is 32.2. The van der Waals surface area contributed by atoms with Crippen molar-refractivity contribution in [3.8, 4) is 12.3 Å². The molecule has 0 aromatic heterocycles. The van der Waals surface area contributed by atoms with Gasteiger partial charge < -0.3 is 0 Å². The molecule has 23 heavy (non-hydrogen) atoms. The minimum atomic E-state index is -3.49. The van der Waals surface area contributed by atoms with Crippen LogP contribution in [0.25, 0.3) is 5.57 Å². The molecule has 0 aliphatic heterocycles. The molecule has 2 aliphatic rings. The molecule has 1 N–H and O–H groups in total. The van der Waals surface area contributed by atoms with Crippen molar-refractivity contribution < 1.29 is 8.42 Å². The Hall–Kier alpha value is -1.83. The molecule has 1 atom stereocenters. The molecule has 120 valence electrons. The zero-order chi connectivity index (χ0) is 16.3. The lowest BCUT2D eigenvalue weighted by molar-refractivity contribution is 0.535. The second-order valence-corrected chi connectivity index (χ2v) is 8.41. The largest absolute Gasteiger partial charge is 0.222 e. The van der Waals surface area contributed by atoms with Gasteiger partial charge in [0.05, 0.1) is 0 Å². The Morgan fingerprint density at radius 1 is 1.26 bits per heavy atom. The molecule has 3 nitrogen and oxygen atoms in total. The van der Waals surface area contributed by atoms with Crippen LogP contribution in [-0.2, 0) is 10.0 Å². The molecule has 0 saturated heterocycles. The number of hydrogen-bond acceptors (Lipinski definition) is 2. The van der Waals surface area contributed by atoms with Gasteiger partial charge in [-0.1, -0.05) is 48.6 Å². The fraction of sp³-hybridized carbons (Fsp3) is 0.368. The van der Waals surface area contributed by atoms with Gasteiger partial charge in [0.25, 0.3) is 0 Å². The van der Waals surface area contributed by atoms with Crippen molar-refractivity contribution in [3.05, 3.63) is 54.1 Å². The van der Waals surface area contributed by atoms with Crippen LogP contribution in [0, 0.1) is 18.3 Å². The van der Waals surface area contributed by atoms with E-state index < -0.39 is 14.8 Å². The topological polar surface area (TPSA) is 46.2 Å². The monoisotopic (exact) mass is 327 g/mol. The van der Waals surface area contributed by atoms with Crippen LogP contribution < -0.4 is 4.72 Å². The van der Waals surface area contributed by atoms with Crippen LogP contribution in [0.2, 0.25) is 0 Å². The summed E-state index contributed by atoms with van der Waals surface area (Å²) in [5.41, 5.74) is 2.12. The molecule has 3 rings (SSSR count). The van der Waals surface area contributed by atoms with Crippen molar-refractivity contribution in [2.45, 2.75) is 30.4 Å². The van der Waals surface area contributed by atoms with Crippen LogP contribution in [0.5, 0.6) is 0 Å². The number of sulfonamides is 1. The highest BCUT2D eigenvalue weighted by molar-refractivity contribution is 7.91. The van der Waals surface area contributed by atoms with Crippen molar-refractivity contribution >= 4 is 15.6 Å². The summed E-state index contributed by atoms with van der Waals surface area (Å²) >= 11 is 0. The molecule has 0 bridgehead atoms. The normalized spacial score (nSPS) is 24.0. The van der Waals surface area contributed by atoms with Crippen molar-refractivity contribution in [2.75, 3.05) is 6.54 Å². The van der Waals surface area contributed by atoms with E-state index in [1.807, 2.05) is 42.5 Å². The SMILES string of the molecule is C#CCC1(S(=O)(=O)NCC2CC2)C=CC(c2ccccc2)=CC1. The Morgan fingerprint density at radius 3 is 2.57 bits per heavy atom. The van der Waals surface area contributed by atoms with Gasteiger partial charge in [-0.3, -0.25) is 0 Å². The van der Waals surface area contributed by atoms with Gasteiger partial charge in [-0.05, 0) is 36.3 Å². The standard InChI is InChI=1S/C19H21NO2S/c1-2-12-19(23(21,22)20-15-16-8-9-16)13-10-18(11-14-19)17-6-4-3-5-7-17/h1,3-7,10-11,13,16,20H,8-9,12,14-15H2. The van der Waals surface area contributed by atoms with Gasteiger partial charge in [0.2, 0.25) is 10.0 Å². The first-order valence-electron chi connectivity index (χ1n) is 7.94.